The Balaban J connectivity index is 1.37. The van der Waals surface area contributed by atoms with E-state index in [1.807, 2.05) is 13.0 Å². The van der Waals surface area contributed by atoms with E-state index in [0.717, 1.165) is 5.56 Å². The van der Waals surface area contributed by atoms with Crippen LogP contribution in [0.15, 0.2) is 65.6 Å². The van der Waals surface area contributed by atoms with Crippen molar-refractivity contribution in [3.05, 3.63) is 88.2 Å². The number of nitrogens with zero attached hydrogens (tertiary/aromatic N) is 3. The second kappa shape index (κ2) is 12.2. The normalized spacial score (nSPS) is 14.9. The highest BCUT2D eigenvalue weighted by atomic mass is 35.5. The summed E-state index contributed by atoms with van der Waals surface area (Å²) in [5, 5.41) is 9.53. The van der Waals surface area contributed by atoms with E-state index in [4.69, 9.17) is 33.3 Å². The fourth-order valence-corrected chi connectivity index (χ4v) is 6.29. The van der Waals surface area contributed by atoms with Crippen molar-refractivity contribution < 1.29 is 21.8 Å². The molecule has 0 aromatic heterocycles. The Bertz CT molecular complexity index is 1640. The molecule has 0 spiro atoms. The van der Waals surface area contributed by atoms with Gasteiger partial charge in [0.1, 0.15) is 17.4 Å². The minimum atomic E-state index is -3.80. The number of carbonyl (C=O) groups is 1. The third-order valence-corrected chi connectivity index (χ3v) is 8.94. The summed E-state index contributed by atoms with van der Waals surface area (Å²) in [6.45, 7) is 5.34. The summed E-state index contributed by atoms with van der Waals surface area (Å²) in [6.07, 6.45) is 2.27. The fourth-order valence-electron chi connectivity index (χ4n) is 4.60. The van der Waals surface area contributed by atoms with Gasteiger partial charge in [0, 0.05) is 5.69 Å². The van der Waals surface area contributed by atoms with E-state index in [0.29, 0.717) is 42.6 Å². The summed E-state index contributed by atoms with van der Waals surface area (Å²) in [4.78, 5) is 16.4. The largest absolute Gasteiger partial charge is 0.303 e. The number of aryl methyl sites for hydroxylation is 2. The number of benzene rings is 3. The molecule has 0 bridgehead atoms. The number of hydrogen-bond acceptors (Lipinski definition) is 6. The predicted molar refractivity (Wildman–Crippen MR) is 161 cm³/mol. The Morgan fingerprint density at radius 2 is 1.71 bits per heavy atom. The molecule has 1 aliphatic rings. The zero-order chi connectivity index (χ0) is 29.9. The van der Waals surface area contributed by atoms with Crippen LogP contribution >= 0.6 is 23.8 Å². The van der Waals surface area contributed by atoms with Crippen LogP contribution in [0.25, 0.3) is 0 Å². The first-order valence-electron chi connectivity index (χ1n) is 13.0. The second-order valence-corrected chi connectivity index (χ2v) is 12.7. The molecular formula is C30H29ClFN3O4S2. The molecule has 0 N–H and O–H groups in total. The molecule has 41 heavy (non-hydrogen) atoms. The molecular weight excluding hydrogens is 585 g/mol. The van der Waals surface area contributed by atoms with E-state index in [9.17, 15) is 13.2 Å². The number of hydrogen-bond donors (Lipinski definition) is 0. The molecule has 0 saturated carbocycles. The highest BCUT2D eigenvalue weighted by molar-refractivity contribution is 7.86. The topological polar surface area (TPSA) is 90.7 Å². The molecule has 4 rings (SSSR count). The van der Waals surface area contributed by atoms with Gasteiger partial charge in [0.05, 0.1) is 27.8 Å². The van der Waals surface area contributed by atoms with Crippen LogP contribution in [-0.2, 0) is 25.5 Å². The lowest BCUT2D eigenvalue weighted by atomic mass is 10.0. The van der Waals surface area contributed by atoms with Crippen molar-refractivity contribution >= 4 is 56.3 Å². The van der Waals surface area contributed by atoms with Crippen molar-refractivity contribution in [1.82, 2.24) is 0 Å². The van der Waals surface area contributed by atoms with E-state index in [1.54, 1.807) is 49.1 Å². The van der Waals surface area contributed by atoms with Crippen LogP contribution < -0.4 is 9.80 Å². The average Bonchev–Trinajstić information content (AvgIpc) is 3.10. The quantitative estimate of drug-likeness (QED) is 0.143. The van der Waals surface area contributed by atoms with Crippen LogP contribution in [0.5, 0.6) is 0 Å². The maximum atomic E-state index is 15.2. The second-order valence-electron chi connectivity index (χ2n) is 10.3. The summed E-state index contributed by atoms with van der Waals surface area (Å²) in [7, 11) is -3.80. The van der Waals surface area contributed by atoms with Gasteiger partial charge in [-0.2, -0.15) is 13.7 Å². The average molecular weight is 614 g/mol. The molecule has 3 aromatic carbocycles. The lowest BCUT2D eigenvalue weighted by Gasteiger charge is -2.29. The molecule has 1 saturated heterocycles. The van der Waals surface area contributed by atoms with Crippen LogP contribution in [-0.4, -0.2) is 31.6 Å². The van der Waals surface area contributed by atoms with Crippen LogP contribution in [0.2, 0.25) is 5.02 Å². The van der Waals surface area contributed by atoms with Gasteiger partial charge in [-0.3, -0.25) is 13.9 Å². The summed E-state index contributed by atoms with van der Waals surface area (Å²) in [6, 6.07) is 17.8. The Kier molecular flexibility index (Phi) is 9.14. The Morgan fingerprint density at radius 1 is 1.02 bits per heavy atom. The molecule has 1 aliphatic heterocycles. The van der Waals surface area contributed by atoms with Crippen molar-refractivity contribution in [3.63, 3.8) is 0 Å². The number of unbranched alkanes of at least 4 members (excludes halogenated alkanes) is 2. The van der Waals surface area contributed by atoms with E-state index in [1.165, 1.54) is 35.2 Å². The first-order valence-corrected chi connectivity index (χ1v) is 15.2. The summed E-state index contributed by atoms with van der Waals surface area (Å²) in [5.41, 5.74) is 1.51. The van der Waals surface area contributed by atoms with E-state index < -0.39 is 21.5 Å². The molecule has 1 fully saturated rings. The van der Waals surface area contributed by atoms with E-state index >= 15 is 4.39 Å². The Labute approximate surface area is 250 Å². The standard InChI is InChI=1S/C30H29ClFN3O4S2/c1-20-8-14-25(15-9-20)41(37,38)39-16-6-4-5-7-21-10-13-24(18-27(21)32)35-29(40)34(28(36)30(35,2)3)23-12-11-22(19-33)26(31)17-23/h8-15,17-18H,4-7,16H2,1-3H3. The molecule has 0 unspecified atom stereocenters. The van der Waals surface area contributed by atoms with Crippen LogP contribution in [0.1, 0.15) is 49.8 Å². The first kappa shape index (κ1) is 30.6. The first-order chi connectivity index (χ1) is 19.4. The third kappa shape index (κ3) is 6.44. The number of thiocarbonyl (C=S) groups is 1. The van der Waals surface area contributed by atoms with Crippen molar-refractivity contribution in [2.24, 2.45) is 0 Å². The number of amides is 1. The molecule has 11 heteroatoms. The molecule has 214 valence electrons. The van der Waals surface area contributed by atoms with Gasteiger partial charge in [0.2, 0.25) is 0 Å². The van der Waals surface area contributed by atoms with Crippen molar-refractivity contribution in [2.45, 2.75) is 56.9 Å². The molecule has 0 atom stereocenters. The van der Waals surface area contributed by atoms with Crippen LogP contribution in [0.4, 0.5) is 15.8 Å². The van der Waals surface area contributed by atoms with Crippen molar-refractivity contribution in [3.8, 4) is 6.07 Å². The van der Waals surface area contributed by atoms with E-state index in [2.05, 4.69) is 0 Å². The molecule has 7 nitrogen and oxygen atoms in total. The number of rotatable bonds is 10. The SMILES string of the molecule is Cc1ccc(S(=O)(=O)OCCCCCc2ccc(N3C(=S)N(c4ccc(C#N)c(Cl)c4)C(=O)C3(C)C)cc2F)cc1. The molecule has 1 amide bonds. The van der Waals surface area contributed by atoms with Crippen molar-refractivity contribution in [2.75, 3.05) is 16.4 Å². The summed E-state index contributed by atoms with van der Waals surface area (Å²) in [5.74, 6) is -0.731. The third-order valence-electron chi connectivity index (χ3n) is 6.93. The van der Waals surface area contributed by atoms with Crippen LogP contribution in [0.3, 0.4) is 0 Å². The van der Waals surface area contributed by atoms with Gasteiger partial charge < -0.3 is 4.90 Å². The number of halogens is 2. The Morgan fingerprint density at radius 3 is 2.34 bits per heavy atom. The monoisotopic (exact) mass is 613 g/mol. The van der Waals surface area contributed by atoms with Gasteiger partial charge in [-0.1, -0.05) is 41.8 Å². The summed E-state index contributed by atoms with van der Waals surface area (Å²) >= 11 is 11.8. The molecule has 1 heterocycles. The minimum absolute atomic E-state index is 0.0497. The zero-order valence-corrected chi connectivity index (χ0v) is 25.2. The number of anilines is 2. The lowest BCUT2D eigenvalue weighted by Crippen LogP contribution is -2.44. The van der Waals surface area contributed by atoms with Gasteiger partial charge in [-0.05, 0) is 100 Å². The van der Waals surface area contributed by atoms with Crippen LogP contribution in [0, 0.1) is 24.1 Å². The smallest absolute Gasteiger partial charge is 0.296 e. The van der Waals surface area contributed by atoms with Gasteiger partial charge in [-0.25, -0.2) is 4.39 Å². The Hall–Kier alpha value is -3.36. The molecule has 0 radical (unpaired) electrons. The van der Waals surface area contributed by atoms with Crippen molar-refractivity contribution in [1.29, 1.82) is 5.26 Å². The maximum absolute atomic E-state index is 15.2. The van der Waals surface area contributed by atoms with Gasteiger partial charge in [0.25, 0.3) is 16.0 Å². The highest BCUT2D eigenvalue weighted by Gasteiger charge is 2.50. The zero-order valence-electron chi connectivity index (χ0n) is 22.9. The maximum Gasteiger partial charge on any atom is 0.296 e. The summed E-state index contributed by atoms with van der Waals surface area (Å²) < 4.78 is 44.9. The molecule has 0 aliphatic carbocycles. The number of carbonyl (C=O) groups excluding carboxylic acids is 1. The van der Waals surface area contributed by atoms with Gasteiger partial charge >= 0.3 is 0 Å². The van der Waals surface area contributed by atoms with Gasteiger partial charge in [-0.15, -0.1) is 0 Å². The van der Waals surface area contributed by atoms with Gasteiger partial charge in [0.15, 0.2) is 5.11 Å². The van der Waals surface area contributed by atoms with E-state index in [-0.39, 0.29) is 33.1 Å². The minimum Gasteiger partial charge on any atom is -0.303 e. The molecule has 3 aromatic rings. The fraction of sp³-hybridized carbons (Fsp3) is 0.300. The number of nitriles is 1. The lowest BCUT2D eigenvalue weighted by molar-refractivity contribution is -0.120. The highest BCUT2D eigenvalue weighted by Crippen LogP contribution is 2.38. The predicted octanol–water partition coefficient (Wildman–Crippen LogP) is 6.69.